The summed E-state index contributed by atoms with van der Waals surface area (Å²) in [5.41, 5.74) is 3.70. The first-order chi connectivity index (χ1) is 9.70. The summed E-state index contributed by atoms with van der Waals surface area (Å²) in [5.74, 6) is 2.06. The van der Waals surface area contributed by atoms with Crippen LogP contribution in [0.4, 0.5) is 5.69 Å². The number of hydrogen-bond donors (Lipinski definition) is 1. The number of benzene rings is 1. The van der Waals surface area contributed by atoms with Crippen molar-refractivity contribution in [2.45, 2.75) is 52.6 Å². The van der Waals surface area contributed by atoms with E-state index >= 15 is 0 Å². The first-order valence-corrected chi connectivity index (χ1v) is 7.45. The van der Waals surface area contributed by atoms with E-state index in [0.29, 0.717) is 6.54 Å². The molecule has 1 aliphatic heterocycles. The third-order valence-electron chi connectivity index (χ3n) is 3.73. The fourth-order valence-corrected chi connectivity index (χ4v) is 2.84. The Balaban J connectivity index is 1.69. The van der Waals surface area contributed by atoms with Crippen LogP contribution < -0.4 is 5.32 Å². The lowest BCUT2D eigenvalue weighted by Gasteiger charge is -2.06. The average molecular weight is 270 g/mol. The van der Waals surface area contributed by atoms with E-state index in [9.17, 15) is 0 Å². The van der Waals surface area contributed by atoms with Crippen LogP contribution in [0, 0.1) is 13.8 Å². The SMILES string of the molecule is Cc1cc(C)cc(NCc2nc3n(n2)CCCCC3)c1. The van der Waals surface area contributed by atoms with Gasteiger partial charge in [-0.1, -0.05) is 12.5 Å². The van der Waals surface area contributed by atoms with Crippen molar-refractivity contribution in [3.05, 3.63) is 41.0 Å². The number of hydrogen-bond acceptors (Lipinski definition) is 3. The van der Waals surface area contributed by atoms with E-state index in [1.54, 1.807) is 0 Å². The van der Waals surface area contributed by atoms with E-state index in [4.69, 9.17) is 0 Å². The summed E-state index contributed by atoms with van der Waals surface area (Å²) in [4.78, 5) is 4.66. The van der Waals surface area contributed by atoms with Crippen molar-refractivity contribution in [2.75, 3.05) is 5.32 Å². The normalized spacial score (nSPS) is 14.7. The number of aromatic nitrogens is 3. The fourth-order valence-electron chi connectivity index (χ4n) is 2.84. The Kier molecular flexibility index (Phi) is 3.72. The molecule has 0 unspecified atom stereocenters. The maximum atomic E-state index is 4.66. The molecule has 0 atom stereocenters. The number of nitrogens with zero attached hydrogens (tertiary/aromatic N) is 3. The zero-order valence-corrected chi connectivity index (χ0v) is 12.3. The number of rotatable bonds is 3. The highest BCUT2D eigenvalue weighted by atomic mass is 15.4. The van der Waals surface area contributed by atoms with Gasteiger partial charge < -0.3 is 5.32 Å². The Morgan fingerprint density at radius 1 is 1.10 bits per heavy atom. The lowest BCUT2D eigenvalue weighted by atomic mass is 10.1. The van der Waals surface area contributed by atoms with E-state index < -0.39 is 0 Å². The van der Waals surface area contributed by atoms with Gasteiger partial charge in [-0.15, -0.1) is 0 Å². The van der Waals surface area contributed by atoms with Crippen molar-refractivity contribution < 1.29 is 0 Å². The fraction of sp³-hybridized carbons (Fsp3) is 0.500. The molecule has 1 aromatic heterocycles. The number of fused-ring (bicyclic) bond motifs is 1. The van der Waals surface area contributed by atoms with Gasteiger partial charge in [0.1, 0.15) is 5.82 Å². The Bertz CT molecular complexity index is 557. The molecule has 1 aliphatic rings. The molecule has 1 N–H and O–H groups in total. The van der Waals surface area contributed by atoms with Gasteiger partial charge in [0.05, 0.1) is 6.54 Å². The van der Waals surface area contributed by atoms with Crippen molar-refractivity contribution in [3.8, 4) is 0 Å². The molecule has 0 radical (unpaired) electrons. The number of anilines is 1. The summed E-state index contributed by atoms with van der Waals surface area (Å²) >= 11 is 0. The topological polar surface area (TPSA) is 42.7 Å². The molecule has 1 aromatic carbocycles. The molecule has 106 valence electrons. The summed E-state index contributed by atoms with van der Waals surface area (Å²) in [5, 5.41) is 8.04. The van der Waals surface area contributed by atoms with E-state index in [2.05, 4.69) is 52.1 Å². The highest BCUT2D eigenvalue weighted by molar-refractivity contribution is 5.48. The minimum Gasteiger partial charge on any atom is -0.378 e. The summed E-state index contributed by atoms with van der Waals surface area (Å²) in [6.45, 7) is 5.96. The summed E-state index contributed by atoms with van der Waals surface area (Å²) in [6.07, 6.45) is 4.82. The van der Waals surface area contributed by atoms with Crippen LogP contribution >= 0.6 is 0 Å². The molecule has 0 saturated carbocycles. The molecule has 2 aromatic rings. The standard InChI is InChI=1S/C16H22N4/c1-12-8-13(2)10-14(9-12)17-11-15-18-16-6-4-3-5-7-20(16)19-15/h8-10,17H,3-7,11H2,1-2H3. The van der Waals surface area contributed by atoms with Gasteiger partial charge >= 0.3 is 0 Å². The van der Waals surface area contributed by atoms with Crippen molar-refractivity contribution >= 4 is 5.69 Å². The van der Waals surface area contributed by atoms with E-state index in [1.165, 1.54) is 30.4 Å². The summed E-state index contributed by atoms with van der Waals surface area (Å²) < 4.78 is 2.09. The smallest absolute Gasteiger partial charge is 0.169 e. The Labute approximate surface area is 120 Å². The predicted octanol–water partition coefficient (Wildman–Crippen LogP) is 3.23. The molecule has 0 fully saturated rings. The van der Waals surface area contributed by atoms with Gasteiger partial charge in [0.2, 0.25) is 0 Å². The third kappa shape index (κ3) is 3.00. The Hall–Kier alpha value is -1.84. The third-order valence-corrected chi connectivity index (χ3v) is 3.73. The first-order valence-electron chi connectivity index (χ1n) is 7.45. The molecule has 4 nitrogen and oxygen atoms in total. The minimum atomic E-state index is 0.697. The lowest BCUT2D eigenvalue weighted by Crippen LogP contribution is -2.04. The van der Waals surface area contributed by atoms with Crippen LogP contribution in [0.1, 0.15) is 42.0 Å². The molecule has 4 heteroatoms. The number of nitrogens with one attached hydrogen (secondary N) is 1. The van der Waals surface area contributed by atoms with Gasteiger partial charge in [0.15, 0.2) is 5.82 Å². The molecule has 20 heavy (non-hydrogen) atoms. The van der Waals surface area contributed by atoms with Crippen LogP contribution in [-0.4, -0.2) is 14.8 Å². The van der Waals surface area contributed by atoms with E-state index in [1.807, 2.05) is 0 Å². The maximum absolute atomic E-state index is 4.66. The molecular weight excluding hydrogens is 248 g/mol. The second-order valence-corrected chi connectivity index (χ2v) is 5.71. The molecule has 0 saturated heterocycles. The van der Waals surface area contributed by atoms with Crippen molar-refractivity contribution in [3.63, 3.8) is 0 Å². The molecule has 2 heterocycles. The van der Waals surface area contributed by atoms with Crippen molar-refractivity contribution in [1.82, 2.24) is 14.8 Å². The van der Waals surface area contributed by atoms with Crippen LogP contribution in [0.25, 0.3) is 0 Å². The van der Waals surface area contributed by atoms with Gasteiger partial charge in [0.25, 0.3) is 0 Å². The number of aryl methyl sites for hydroxylation is 4. The molecule has 0 bridgehead atoms. The monoisotopic (exact) mass is 270 g/mol. The van der Waals surface area contributed by atoms with Crippen LogP contribution in [0.15, 0.2) is 18.2 Å². The van der Waals surface area contributed by atoms with Crippen LogP contribution in [0.5, 0.6) is 0 Å². The maximum Gasteiger partial charge on any atom is 0.169 e. The van der Waals surface area contributed by atoms with E-state index in [-0.39, 0.29) is 0 Å². The molecule has 0 spiro atoms. The average Bonchev–Trinajstić information content (AvgIpc) is 2.65. The van der Waals surface area contributed by atoms with Crippen molar-refractivity contribution in [2.24, 2.45) is 0 Å². The van der Waals surface area contributed by atoms with Gasteiger partial charge in [-0.2, -0.15) is 5.10 Å². The van der Waals surface area contributed by atoms with Crippen LogP contribution in [-0.2, 0) is 19.5 Å². The highest BCUT2D eigenvalue weighted by Gasteiger charge is 2.12. The largest absolute Gasteiger partial charge is 0.378 e. The second-order valence-electron chi connectivity index (χ2n) is 5.71. The predicted molar refractivity (Wildman–Crippen MR) is 80.8 cm³/mol. The Morgan fingerprint density at radius 2 is 1.90 bits per heavy atom. The van der Waals surface area contributed by atoms with E-state index in [0.717, 1.165) is 30.3 Å². The first kappa shape index (κ1) is 13.2. The lowest BCUT2D eigenvalue weighted by molar-refractivity contribution is 0.570. The quantitative estimate of drug-likeness (QED) is 0.931. The summed E-state index contributed by atoms with van der Waals surface area (Å²) in [6, 6.07) is 6.50. The van der Waals surface area contributed by atoms with Gasteiger partial charge in [0, 0.05) is 18.7 Å². The molecule has 0 aliphatic carbocycles. The van der Waals surface area contributed by atoms with Crippen LogP contribution in [0.2, 0.25) is 0 Å². The molecule has 0 amide bonds. The van der Waals surface area contributed by atoms with Crippen molar-refractivity contribution in [1.29, 1.82) is 0 Å². The zero-order chi connectivity index (χ0) is 13.9. The Morgan fingerprint density at radius 3 is 2.70 bits per heavy atom. The van der Waals surface area contributed by atoms with Gasteiger partial charge in [-0.25, -0.2) is 9.67 Å². The summed E-state index contributed by atoms with van der Waals surface area (Å²) in [7, 11) is 0. The minimum absolute atomic E-state index is 0.697. The molecule has 3 rings (SSSR count). The highest BCUT2D eigenvalue weighted by Crippen LogP contribution is 2.16. The van der Waals surface area contributed by atoms with Crippen LogP contribution in [0.3, 0.4) is 0 Å². The van der Waals surface area contributed by atoms with Gasteiger partial charge in [-0.3, -0.25) is 0 Å². The zero-order valence-electron chi connectivity index (χ0n) is 12.3. The van der Waals surface area contributed by atoms with Gasteiger partial charge in [-0.05, 0) is 49.9 Å². The second kappa shape index (κ2) is 5.65. The molecular formula is C16H22N4.